The average molecular weight is 370 g/mol. The summed E-state index contributed by atoms with van der Waals surface area (Å²) in [4.78, 5) is 11.6. The summed E-state index contributed by atoms with van der Waals surface area (Å²) in [6.07, 6.45) is 0. The van der Waals surface area contributed by atoms with Gasteiger partial charge in [-0.2, -0.15) is 0 Å². The molecule has 2 rings (SSSR count). The summed E-state index contributed by atoms with van der Waals surface area (Å²) in [5, 5.41) is 0.509. The molecule has 0 bridgehead atoms. The Balaban J connectivity index is 2.22. The second-order valence-corrected chi connectivity index (χ2v) is 5.73. The summed E-state index contributed by atoms with van der Waals surface area (Å²) >= 11 is 9.38. The minimum absolute atomic E-state index is 0.0859. The Kier molecular flexibility index (Phi) is 5.26. The molecule has 0 heterocycles. The standard InChI is InChI=1S/C16H14BrClO3/c1-10(19)14-8-12(18)3-6-16(14)21-9-11-7-13(20-2)4-5-15(11)17/h3-8H,9H2,1-2H3. The van der Waals surface area contributed by atoms with Crippen molar-refractivity contribution in [1.82, 2.24) is 0 Å². The highest BCUT2D eigenvalue weighted by Gasteiger charge is 2.10. The van der Waals surface area contributed by atoms with Crippen LogP contribution in [0, 0.1) is 0 Å². The molecule has 0 N–H and O–H groups in total. The van der Waals surface area contributed by atoms with E-state index in [0.717, 1.165) is 15.8 Å². The lowest BCUT2D eigenvalue weighted by molar-refractivity contribution is 0.101. The third-order valence-corrected chi connectivity index (χ3v) is 3.97. The first kappa shape index (κ1) is 15.9. The fraction of sp³-hybridized carbons (Fsp3) is 0.188. The molecule has 0 atom stereocenters. The molecule has 0 aliphatic heterocycles. The third kappa shape index (κ3) is 3.99. The molecule has 0 aromatic heterocycles. The van der Waals surface area contributed by atoms with Gasteiger partial charge in [0.05, 0.1) is 12.7 Å². The fourth-order valence-corrected chi connectivity index (χ4v) is 2.38. The Labute approximate surface area is 137 Å². The summed E-state index contributed by atoms with van der Waals surface area (Å²) in [6, 6.07) is 10.6. The second-order valence-electron chi connectivity index (χ2n) is 4.44. The molecule has 0 unspecified atom stereocenters. The van der Waals surface area contributed by atoms with Crippen LogP contribution < -0.4 is 9.47 Å². The predicted octanol–water partition coefficient (Wildman–Crippen LogP) is 4.89. The topological polar surface area (TPSA) is 35.5 Å². The SMILES string of the molecule is COc1ccc(Br)c(COc2ccc(Cl)cc2C(C)=O)c1. The van der Waals surface area contributed by atoms with E-state index in [1.54, 1.807) is 25.3 Å². The van der Waals surface area contributed by atoms with E-state index in [1.807, 2.05) is 18.2 Å². The molecule has 0 aliphatic carbocycles. The van der Waals surface area contributed by atoms with Crippen LogP contribution in [0.2, 0.25) is 5.02 Å². The minimum Gasteiger partial charge on any atom is -0.497 e. The monoisotopic (exact) mass is 368 g/mol. The van der Waals surface area contributed by atoms with Gasteiger partial charge in [-0.15, -0.1) is 0 Å². The fourth-order valence-electron chi connectivity index (χ4n) is 1.85. The van der Waals surface area contributed by atoms with Crippen molar-refractivity contribution in [2.75, 3.05) is 7.11 Å². The van der Waals surface area contributed by atoms with E-state index < -0.39 is 0 Å². The molecule has 0 spiro atoms. The van der Waals surface area contributed by atoms with Crippen LogP contribution in [0.1, 0.15) is 22.8 Å². The van der Waals surface area contributed by atoms with Gasteiger partial charge in [0.2, 0.25) is 0 Å². The van der Waals surface area contributed by atoms with Crippen LogP contribution in [-0.2, 0) is 6.61 Å². The lowest BCUT2D eigenvalue weighted by atomic mass is 10.1. The van der Waals surface area contributed by atoms with Crippen molar-refractivity contribution in [2.24, 2.45) is 0 Å². The summed E-state index contributed by atoms with van der Waals surface area (Å²) < 4.78 is 11.9. The van der Waals surface area contributed by atoms with Crippen molar-refractivity contribution < 1.29 is 14.3 Å². The van der Waals surface area contributed by atoms with Gasteiger partial charge in [0.15, 0.2) is 5.78 Å². The molecule has 110 valence electrons. The highest BCUT2D eigenvalue weighted by atomic mass is 79.9. The van der Waals surface area contributed by atoms with Crippen LogP contribution in [0.5, 0.6) is 11.5 Å². The summed E-state index contributed by atoms with van der Waals surface area (Å²) in [6.45, 7) is 1.81. The first-order valence-corrected chi connectivity index (χ1v) is 7.44. The number of ether oxygens (including phenoxy) is 2. The van der Waals surface area contributed by atoms with E-state index in [1.165, 1.54) is 6.92 Å². The second kappa shape index (κ2) is 6.96. The normalized spacial score (nSPS) is 10.3. The van der Waals surface area contributed by atoms with Crippen LogP contribution in [0.4, 0.5) is 0 Å². The summed E-state index contributed by atoms with van der Waals surface area (Å²) in [5.74, 6) is 1.18. The van der Waals surface area contributed by atoms with E-state index in [0.29, 0.717) is 22.9 Å². The minimum atomic E-state index is -0.0859. The summed E-state index contributed by atoms with van der Waals surface area (Å²) in [7, 11) is 1.61. The first-order chi connectivity index (χ1) is 10.0. The zero-order chi connectivity index (χ0) is 15.4. The number of methoxy groups -OCH3 is 1. The molecule has 0 aliphatic rings. The van der Waals surface area contributed by atoms with Crippen molar-refractivity contribution in [2.45, 2.75) is 13.5 Å². The molecule has 0 amide bonds. The quantitative estimate of drug-likeness (QED) is 0.704. The van der Waals surface area contributed by atoms with Gasteiger partial charge in [-0.05, 0) is 43.3 Å². The van der Waals surface area contributed by atoms with Crippen molar-refractivity contribution in [3.05, 3.63) is 57.0 Å². The zero-order valence-electron chi connectivity index (χ0n) is 11.7. The van der Waals surface area contributed by atoms with E-state index in [-0.39, 0.29) is 5.78 Å². The van der Waals surface area contributed by atoms with Crippen LogP contribution in [0.3, 0.4) is 0 Å². The van der Waals surface area contributed by atoms with E-state index in [4.69, 9.17) is 21.1 Å². The maximum Gasteiger partial charge on any atom is 0.163 e. The summed E-state index contributed by atoms with van der Waals surface area (Å²) in [5.41, 5.74) is 1.40. The zero-order valence-corrected chi connectivity index (χ0v) is 14.0. The number of ketones is 1. The number of Topliss-reactive ketones (excluding diaryl/α,β-unsaturated/α-hetero) is 1. The maximum absolute atomic E-state index is 11.6. The lowest BCUT2D eigenvalue weighted by Gasteiger charge is -2.12. The number of carbonyl (C=O) groups excluding carboxylic acids is 1. The molecular weight excluding hydrogens is 356 g/mol. The van der Waals surface area contributed by atoms with Gasteiger partial charge < -0.3 is 9.47 Å². The first-order valence-electron chi connectivity index (χ1n) is 6.27. The number of hydrogen-bond donors (Lipinski definition) is 0. The molecule has 2 aromatic carbocycles. The van der Waals surface area contributed by atoms with Gasteiger partial charge in [0.25, 0.3) is 0 Å². The van der Waals surface area contributed by atoms with Crippen LogP contribution >= 0.6 is 27.5 Å². The Bertz CT molecular complexity index is 671. The van der Waals surface area contributed by atoms with E-state index in [2.05, 4.69) is 15.9 Å². The van der Waals surface area contributed by atoms with Gasteiger partial charge in [-0.25, -0.2) is 0 Å². The van der Waals surface area contributed by atoms with E-state index >= 15 is 0 Å². The van der Waals surface area contributed by atoms with Crippen LogP contribution in [0.15, 0.2) is 40.9 Å². The van der Waals surface area contributed by atoms with Crippen LogP contribution in [-0.4, -0.2) is 12.9 Å². The molecule has 21 heavy (non-hydrogen) atoms. The van der Waals surface area contributed by atoms with Crippen LogP contribution in [0.25, 0.3) is 0 Å². The van der Waals surface area contributed by atoms with Gasteiger partial charge in [0.1, 0.15) is 18.1 Å². The molecule has 0 radical (unpaired) electrons. The molecule has 0 saturated heterocycles. The maximum atomic E-state index is 11.6. The van der Waals surface area contributed by atoms with Crippen molar-refractivity contribution >= 4 is 33.3 Å². The Morgan fingerprint density at radius 2 is 2.00 bits per heavy atom. The largest absolute Gasteiger partial charge is 0.497 e. The lowest BCUT2D eigenvalue weighted by Crippen LogP contribution is -2.02. The third-order valence-electron chi connectivity index (χ3n) is 2.96. The molecule has 0 fully saturated rings. The molecule has 0 saturated carbocycles. The van der Waals surface area contributed by atoms with Gasteiger partial charge in [-0.3, -0.25) is 4.79 Å². The van der Waals surface area contributed by atoms with Gasteiger partial charge >= 0.3 is 0 Å². The van der Waals surface area contributed by atoms with Crippen molar-refractivity contribution in [3.8, 4) is 11.5 Å². The molecule has 5 heteroatoms. The smallest absolute Gasteiger partial charge is 0.163 e. The highest BCUT2D eigenvalue weighted by Crippen LogP contribution is 2.27. The number of halogens is 2. The van der Waals surface area contributed by atoms with Crippen molar-refractivity contribution in [1.29, 1.82) is 0 Å². The number of carbonyl (C=O) groups is 1. The molecular formula is C16H14BrClO3. The Morgan fingerprint density at radius 3 is 2.67 bits per heavy atom. The van der Waals surface area contributed by atoms with Gasteiger partial charge in [-0.1, -0.05) is 27.5 Å². The Morgan fingerprint density at radius 1 is 1.24 bits per heavy atom. The number of hydrogen-bond acceptors (Lipinski definition) is 3. The molecule has 3 nitrogen and oxygen atoms in total. The average Bonchev–Trinajstić information content (AvgIpc) is 2.47. The van der Waals surface area contributed by atoms with E-state index in [9.17, 15) is 4.79 Å². The number of benzene rings is 2. The highest BCUT2D eigenvalue weighted by molar-refractivity contribution is 9.10. The molecule has 2 aromatic rings. The van der Waals surface area contributed by atoms with Gasteiger partial charge in [0, 0.05) is 15.1 Å². The van der Waals surface area contributed by atoms with Crippen molar-refractivity contribution in [3.63, 3.8) is 0 Å². The Hall–Kier alpha value is -1.52. The number of rotatable bonds is 5. The predicted molar refractivity (Wildman–Crippen MR) is 86.5 cm³/mol.